The van der Waals surface area contributed by atoms with Gasteiger partial charge in [-0.05, 0) is 47.9 Å². The van der Waals surface area contributed by atoms with Crippen molar-refractivity contribution in [2.75, 3.05) is 6.54 Å². The molecular weight excluding hydrogens is 434 g/mol. The molecule has 2 N–H and O–H groups in total. The number of hydrogen-bond donors (Lipinski definition) is 2. The minimum absolute atomic E-state index is 0.0388. The van der Waals surface area contributed by atoms with Crippen LogP contribution in [0, 0.1) is 23.7 Å². The number of halogens is 1. The zero-order valence-corrected chi connectivity index (χ0v) is 20.0. The van der Waals surface area contributed by atoms with Crippen molar-refractivity contribution in [3.8, 4) is 0 Å². The molecular formula is C27H32ClN3O2. The maximum Gasteiger partial charge on any atom is 0.246 e. The van der Waals surface area contributed by atoms with Crippen molar-refractivity contribution in [3.63, 3.8) is 0 Å². The Morgan fingerprint density at radius 2 is 1.94 bits per heavy atom. The number of piperidine rings is 2. The van der Waals surface area contributed by atoms with Gasteiger partial charge in [0.05, 0.1) is 5.92 Å². The second-order valence-electron chi connectivity index (χ2n) is 10.4. The molecule has 6 rings (SSSR count). The van der Waals surface area contributed by atoms with Crippen molar-refractivity contribution in [2.24, 2.45) is 23.7 Å². The number of rotatable bonds is 7. The van der Waals surface area contributed by atoms with Crippen LogP contribution in [-0.4, -0.2) is 34.8 Å². The number of nitrogens with zero attached hydrogens (tertiary/aromatic N) is 1. The summed E-state index contributed by atoms with van der Waals surface area (Å²) in [6.45, 7) is 6.47. The zero-order valence-electron chi connectivity index (χ0n) is 19.3. The normalized spacial score (nSPS) is 30.5. The lowest BCUT2D eigenvalue weighted by molar-refractivity contribution is -0.155. The fourth-order valence-electron chi connectivity index (χ4n) is 6.55. The van der Waals surface area contributed by atoms with E-state index in [1.54, 1.807) is 0 Å². The number of hydrogen-bond acceptors (Lipinski definition) is 3. The average Bonchev–Trinajstić information content (AvgIpc) is 3.09. The van der Waals surface area contributed by atoms with Crippen LogP contribution < -0.4 is 10.6 Å². The summed E-state index contributed by atoms with van der Waals surface area (Å²) in [5, 5.41) is 7.10. The van der Waals surface area contributed by atoms with Gasteiger partial charge in [-0.1, -0.05) is 67.9 Å². The third-order valence-corrected chi connectivity index (χ3v) is 7.98. The molecule has 4 aliphatic rings. The van der Waals surface area contributed by atoms with Crippen LogP contribution in [0.4, 0.5) is 0 Å². The molecule has 33 heavy (non-hydrogen) atoms. The highest BCUT2D eigenvalue weighted by Gasteiger charge is 2.67. The molecule has 6 heteroatoms. The number of carbonyl (C=O) groups is 2. The third kappa shape index (κ3) is 4.06. The molecule has 0 unspecified atom stereocenters. The van der Waals surface area contributed by atoms with E-state index >= 15 is 0 Å². The molecule has 0 radical (unpaired) electrons. The number of fused-ring (bicyclic) bond motifs is 1. The van der Waals surface area contributed by atoms with Crippen LogP contribution in [0.3, 0.4) is 0 Å². The minimum atomic E-state index is -0.844. The van der Waals surface area contributed by atoms with E-state index in [2.05, 4.69) is 35.4 Å². The topological polar surface area (TPSA) is 61.4 Å². The highest BCUT2D eigenvalue weighted by Crippen LogP contribution is 2.54. The first kappa shape index (κ1) is 22.4. The summed E-state index contributed by atoms with van der Waals surface area (Å²) >= 11 is 6.24. The Balaban J connectivity index is 1.44. The van der Waals surface area contributed by atoms with E-state index in [4.69, 9.17) is 11.6 Å². The standard InChI is InChI=1S/C27H32ClN3O2/c1-17(2)11-22-24-23-20(16-31(24)15-19-9-6-10-21(28)12-19)13-27(22,30-25(23)32)26(33)29-14-18-7-4-3-5-8-18/h3-10,12,17,20,22-24H,11,13-16H2,1-2H3,(H,29,33)(H,30,32)/t20-,22-,23-,24-,27+/m1/s1. The van der Waals surface area contributed by atoms with Gasteiger partial charge >= 0.3 is 0 Å². The van der Waals surface area contributed by atoms with Crippen LogP contribution in [0.5, 0.6) is 0 Å². The van der Waals surface area contributed by atoms with Crippen LogP contribution in [0.25, 0.3) is 0 Å². The minimum Gasteiger partial charge on any atom is -0.350 e. The first-order valence-corrected chi connectivity index (χ1v) is 12.4. The summed E-state index contributed by atoms with van der Waals surface area (Å²) in [5.74, 6) is 0.666. The largest absolute Gasteiger partial charge is 0.350 e. The highest BCUT2D eigenvalue weighted by molar-refractivity contribution is 6.30. The number of amides is 2. The van der Waals surface area contributed by atoms with Crippen LogP contribution in [-0.2, 0) is 22.7 Å². The van der Waals surface area contributed by atoms with E-state index < -0.39 is 5.54 Å². The van der Waals surface area contributed by atoms with Gasteiger partial charge in [-0.15, -0.1) is 0 Å². The van der Waals surface area contributed by atoms with Gasteiger partial charge in [-0.2, -0.15) is 0 Å². The van der Waals surface area contributed by atoms with Crippen molar-refractivity contribution < 1.29 is 9.59 Å². The molecule has 3 heterocycles. The van der Waals surface area contributed by atoms with Crippen LogP contribution in [0.1, 0.15) is 37.8 Å². The fourth-order valence-corrected chi connectivity index (χ4v) is 6.77. The quantitative estimate of drug-likeness (QED) is 0.649. The zero-order chi connectivity index (χ0) is 23.2. The molecule has 2 amide bonds. The van der Waals surface area contributed by atoms with Crippen molar-refractivity contribution in [2.45, 2.75) is 51.4 Å². The molecule has 0 aromatic heterocycles. The Bertz CT molecular complexity index is 1040. The van der Waals surface area contributed by atoms with Gasteiger partial charge in [0.2, 0.25) is 11.8 Å². The number of nitrogens with one attached hydrogen (secondary N) is 2. The summed E-state index contributed by atoms with van der Waals surface area (Å²) < 4.78 is 0. The summed E-state index contributed by atoms with van der Waals surface area (Å²) in [5.41, 5.74) is 1.37. The summed E-state index contributed by atoms with van der Waals surface area (Å²) in [6.07, 6.45) is 1.61. The van der Waals surface area contributed by atoms with Gasteiger partial charge < -0.3 is 10.6 Å². The van der Waals surface area contributed by atoms with Crippen molar-refractivity contribution >= 4 is 23.4 Å². The second-order valence-corrected chi connectivity index (χ2v) is 10.8. The SMILES string of the molecule is CC(C)C[C@@H]1[C@@H]2[C@@H]3C(=O)N[C@@]1(C(=O)NCc1ccccc1)C[C@@H]3CN2Cc1cccc(Cl)c1. The molecule has 3 saturated heterocycles. The molecule has 174 valence electrons. The number of carbonyl (C=O) groups excluding carboxylic acids is 2. The predicted molar refractivity (Wildman–Crippen MR) is 129 cm³/mol. The molecule has 1 saturated carbocycles. The Hall–Kier alpha value is -2.37. The molecule has 5 nitrogen and oxygen atoms in total. The molecule has 4 fully saturated rings. The van der Waals surface area contributed by atoms with Gasteiger partial charge in [0.25, 0.3) is 0 Å². The molecule has 2 aromatic rings. The predicted octanol–water partition coefficient (Wildman–Crippen LogP) is 4.01. The van der Waals surface area contributed by atoms with Gasteiger partial charge in [0, 0.05) is 36.6 Å². The molecule has 5 atom stereocenters. The Labute approximate surface area is 200 Å². The molecule has 3 aliphatic heterocycles. The van der Waals surface area contributed by atoms with E-state index in [1.807, 2.05) is 48.5 Å². The van der Waals surface area contributed by atoms with Gasteiger partial charge in [0.1, 0.15) is 5.54 Å². The average molecular weight is 466 g/mol. The van der Waals surface area contributed by atoms with E-state index in [0.717, 1.165) is 35.7 Å². The van der Waals surface area contributed by atoms with Crippen molar-refractivity contribution in [3.05, 3.63) is 70.7 Å². The van der Waals surface area contributed by atoms with E-state index in [9.17, 15) is 9.59 Å². The number of benzene rings is 2. The monoisotopic (exact) mass is 465 g/mol. The highest BCUT2D eigenvalue weighted by atomic mass is 35.5. The van der Waals surface area contributed by atoms with Gasteiger partial charge in [0.15, 0.2) is 0 Å². The first-order chi connectivity index (χ1) is 15.9. The van der Waals surface area contributed by atoms with Crippen LogP contribution >= 0.6 is 11.6 Å². The molecule has 4 bridgehead atoms. The Kier molecular flexibility index (Phi) is 5.96. The van der Waals surface area contributed by atoms with Crippen molar-refractivity contribution in [1.82, 2.24) is 15.5 Å². The van der Waals surface area contributed by atoms with Gasteiger partial charge in [-0.3, -0.25) is 14.5 Å². The lowest BCUT2D eigenvalue weighted by Gasteiger charge is -2.55. The van der Waals surface area contributed by atoms with Gasteiger partial charge in [-0.25, -0.2) is 0 Å². The Morgan fingerprint density at radius 1 is 1.18 bits per heavy atom. The first-order valence-electron chi connectivity index (χ1n) is 12.0. The maximum atomic E-state index is 13.8. The smallest absolute Gasteiger partial charge is 0.246 e. The second kappa shape index (κ2) is 8.77. The molecule has 1 aliphatic carbocycles. The summed E-state index contributed by atoms with van der Waals surface area (Å²) in [7, 11) is 0. The lowest BCUT2D eigenvalue weighted by Crippen LogP contribution is -2.75. The Morgan fingerprint density at radius 3 is 2.67 bits per heavy atom. The summed E-state index contributed by atoms with van der Waals surface area (Å²) in [6, 6.07) is 18.0. The van der Waals surface area contributed by atoms with Crippen LogP contribution in [0.15, 0.2) is 54.6 Å². The van der Waals surface area contributed by atoms with E-state index in [0.29, 0.717) is 18.9 Å². The fraction of sp³-hybridized carbons (Fsp3) is 0.481. The summed E-state index contributed by atoms with van der Waals surface area (Å²) in [4.78, 5) is 29.4. The van der Waals surface area contributed by atoms with E-state index in [-0.39, 0.29) is 35.6 Å². The molecule has 2 aromatic carbocycles. The third-order valence-electron chi connectivity index (χ3n) is 7.75. The number of likely N-dealkylation sites (tertiary alicyclic amines) is 1. The van der Waals surface area contributed by atoms with E-state index in [1.165, 1.54) is 0 Å². The van der Waals surface area contributed by atoms with Crippen molar-refractivity contribution in [1.29, 1.82) is 0 Å². The maximum absolute atomic E-state index is 13.8. The van der Waals surface area contributed by atoms with Crippen LogP contribution in [0.2, 0.25) is 5.02 Å². The lowest BCUT2D eigenvalue weighted by atomic mass is 9.57. The molecule has 0 spiro atoms.